The number of ether oxygens (including phenoxy) is 1. The van der Waals surface area contributed by atoms with Gasteiger partial charge in [-0.1, -0.05) is 6.07 Å². The van der Waals surface area contributed by atoms with Crippen LogP contribution in [0.5, 0.6) is 11.5 Å². The molecule has 31 heavy (non-hydrogen) atoms. The number of carboxylic acid groups (broad SMARTS) is 1. The molecule has 3 rings (SSSR count). The number of amides is 1. The van der Waals surface area contributed by atoms with Crippen LogP contribution in [0.25, 0.3) is 0 Å². The van der Waals surface area contributed by atoms with Crippen LogP contribution in [-0.2, 0) is 4.79 Å². The second-order valence-corrected chi connectivity index (χ2v) is 7.03. The van der Waals surface area contributed by atoms with Gasteiger partial charge in [-0.2, -0.15) is 5.10 Å². The molecule has 0 aliphatic rings. The van der Waals surface area contributed by atoms with Gasteiger partial charge in [-0.3, -0.25) is 14.9 Å². The van der Waals surface area contributed by atoms with E-state index in [-0.39, 0.29) is 22.8 Å². The first kappa shape index (κ1) is 21.5. The van der Waals surface area contributed by atoms with E-state index in [1.54, 1.807) is 12.1 Å². The Morgan fingerprint density at radius 3 is 2.39 bits per heavy atom. The molecule has 1 amide bonds. The molecular formula is C21H20N4O6. The van der Waals surface area contributed by atoms with E-state index in [1.807, 2.05) is 19.9 Å². The molecule has 0 bridgehead atoms. The van der Waals surface area contributed by atoms with Gasteiger partial charge in [-0.15, -0.1) is 0 Å². The number of nitrogens with one attached hydrogen (secondary N) is 1. The lowest BCUT2D eigenvalue weighted by Gasteiger charge is -2.15. The standard InChI is InChI=1S/C21H20N4O6/c1-12-6-13(2)8-17(7-12)31-18-10-15(9-16(11-18)25(29)30)23-20(26)14(3)24-19(21(27)28)4-5-22-24/h4-11,14H,1-3H3,(H,23,26)(H,27,28). The van der Waals surface area contributed by atoms with Gasteiger partial charge in [-0.05, 0) is 50.1 Å². The molecule has 0 saturated carbocycles. The first-order valence-corrected chi connectivity index (χ1v) is 9.27. The highest BCUT2D eigenvalue weighted by molar-refractivity contribution is 5.95. The molecule has 10 heteroatoms. The van der Waals surface area contributed by atoms with Gasteiger partial charge in [0.15, 0.2) is 0 Å². The monoisotopic (exact) mass is 424 g/mol. The third-order valence-electron chi connectivity index (χ3n) is 4.44. The number of hydrogen-bond acceptors (Lipinski definition) is 6. The zero-order valence-corrected chi connectivity index (χ0v) is 17.0. The van der Waals surface area contributed by atoms with Gasteiger partial charge < -0.3 is 15.2 Å². The molecule has 1 atom stereocenters. The lowest BCUT2D eigenvalue weighted by Crippen LogP contribution is -2.26. The molecule has 0 spiro atoms. The number of aryl methyl sites for hydroxylation is 2. The Morgan fingerprint density at radius 1 is 1.13 bits per heavy atom. The van der Waals surface area contributed by atoms with Gasteiger partial charge in [0.25, 0.3) is 5.69 Å². The molecule has 0 fully saturated rings. The number of carbonyl (C=O) groups is 2. The molecule has 0 aliphatic carbocycles. The summed E-state index contributed by atoms with van der Waals surface area (Å²) in [5, 5.41) is 27.0. The van der Waals surface area contributed by atoms with Crippen LogP contribution in [-0.4, -0.2) is 31.7 Å². The number of benzene rings is 2. The summed E-state index contributed by atoms with van der Waals surface area (Å²) in [5.41, 5.74) is 1.65. The van der Waals surface area contributed by atoms with Crippen molar-refractivity contribution in [2.75, 3.05) is 5.32 Å². The predicted octanol–water partition coefficient (Wildman–Crippen LogP) is 4.10. The van der Waals surface area contributed by atoms with E-state index in [2.05, 4.69) is 10.4 Å². The minimum Gasteiger partial charge on any atom is -0.477 e. The minimum absolute atomic E-state index is 0.134. The largest absolute Gasteiger partial charge is 0.477 e. The average molecular weight is 424 g/mol. The Hall–Kier alpha value is -4.21. The van der Waals surface area contributed by atoms with Crippen LogP contribution in [0.2, 0.25) is 0 Å². The topological polar surface area (TPSA) is 137 Å². The summed E-state index contributed by atoms with van der Waals surface area (Å²) in [4.78, 5) is 34.7. The number of nitrogens with zero attached hydrogens (tertiary/aromatic N) is 3. The lowest BCUT2D eigenvalue weighted by atomic mass is 10.1. The number of anilines is 1. The van der Waals surface area contributed by atoms with Crippen LogP contribution in [0, 0.1) is 24.0 Å². The average Bonchev–Trinajstić information content (AvgIpc) is 3.16. The maximum absolute atomic E-state index is 12.7. The Bertz CT molecular complexity index is 1150. The Morgan fingerprint density at radius 2 is 1.77 bits per heavy atom. The first-order valence-electron chi connectivity index (χ1n) is 9.27. The quantitative estimate of drug-likeness (QED) is 0.430. The van der Waals surface area contributed by atoms with Crippen molar-refractivity contribution in [1.29, 1.82) is 0 Å². The Kier molecular flexibility index (Phi) is 6.00. The number of carbonyl (C=O) groups excluding carboxylic acids is 1. The molecule has 2 aromatic carbocycles. The van der Waals surface area contributed by atoms with Crippen LogP contribution >= 0.6 is 0 Å². The lowest BCUT2D eigenvalue weighted by molar-refractivity contribution is -0.384. The smallest absolute Gasteiger partial charge is 0.354 e. The number of aromatic nitrogens is 2. The van der Waals surface area contributed by atoms with Crippen molar-refractivity contribution in [2.24, 2.45) is 0 Å². The van der Waals surface area contributed by atoms with E-state index >= 15 is 0 Å². The molecule has 0 aliphatic heterocycles. The van der Waals surface area contributed by atoms with Crippen molar-refractivity contribution < 1.29 is 24.4 Å². The molecule has 0 saturated heterocycles. The number of nitro benzene ring substituents is 1. The summed E-state index contributed by atoms with van der Waals surface area (Å²) < 4.78 is 6.84. The number of nitro groups is 1. The summed E-state index contributed by atoms with van der Waals surface area (Å²) >= 11 is 0. The summed E-state index contributed by atoms with van der Waals surface area (Å²) in [6.07, 6.45) is 1.27. The second kappa shape index (κ2) is 8.66. The maximum Gasteiger partial charge on any atom is 0.354 e. The van der Waals surface area contributed by atoms with E-state index in [9.17, 15) is 24.8 Å². The van der Waals surface area contributed by atoms with Gasteiger partial charge in [-0.25, -0.2) is 9.48 Å². The number of carboxylic acids is 1. The van der Waals surface area contributed by atoms with E-state index in [0.29, 0.717) is 5.75 Å². The van der Waals surface area contributed by atoms with E-state index < -0.39 is 22.8 Å². The van der Waals surface area contributed by atoms with Crippen LogP contribution < -0.4 is 10.1 Å². The molecule has 3 aromatic rings. The van der Waals surface area contributed by atoms with Gasteiger partial charge in [0.1, 0.15) is 23.2 Å². The number of rotatable bonds is 7. The summed E-state index contributed by atoms with van der Waals surface area (Å²) in [6, 6.07) is 9.76. The normalized spacial score (nSPS) is 11.6. The van der Waals surface area contributed by atoms with Crippen molar-refractivity contribution in [3.63, 3.8) is 0 Å². The van der Waals surface area contributed by atoms with Crippen molar-refractivity contribution in [1.82, 2.24) is 9.78 Å². The molecular weight excluding hydrogens is 404 g/mol. The minimum atomic E-state index is -1.23. The van der Waals surface area contributed by atoms with Gasteiger partial charge in [0, 0.05) is 18.3 Å². The molecule has 1 aromatic heterocycles. The number of aromatic carboxylic acids is 1. The van der Waals surface area contributed by atoms with Crippen LogP contribution in [0.1, 0.15) is 34.6 Å². The SMILES string of the molecule is Cc1cc(C)cc(Oc2cc(NC(=O)C(C)n3nccc3C(=O)O)cc([N+](=O)[O-])c2)c1. The van der Waals surface area contributed by atoms with Gasteiger partial charge in [0.05, 0.1) is 16.7 Å². The van der Waals surface area contributed by atoms with E-state index in [0.717, 1.165) is 15.8 Å². The predicted molar refractivity (Wildman–Crippen MR) is 112 cm³/mol. The van der Waals surface area contributed by atoms with Crippen molar-refractivity contribution in [2.45, 2.75) is 26.8 Å². The van der Waals surface area contributed by atoms with Crippen LogP contribution in [0.4, 0.5) is 11.4 Å². The highest BCUT2D eigenvalue weighted by Gasteiger charge is 2.22. The Labute approximate surface area is 177 Å². The summed E-state index contributed by atoms with van der Waals surface area (Å²) in [6.45, 7) is 5.28. The fraction of sp³-hybridized carbons (Fsp3) is 0.190. The molecule has 160 valence electrons. The van der Waals surface area contributed by atoms with Crippen molar-refractivity contribution in [3.05, 3.63) is 75.6 Å². The molecule has 1 heterocycles. The molecule has 1 unspecified atom stereocenters. The molecule has 0 radical (unpaired) electrons. The van der Waals surface area contributed by atoms with E-state index in [1.165, 1.54) is 37.4 Å². The van der Waals surface area contributed by atoms with Crippen LogP contribution in [0.15, 0.2) is 48.7 Å². The zero-order valence-electron chi connectivity index (χ0n) is 17.0. The Balaban J connectivity index is 1.88. The first-order chi connectivity index (χ1) is 14.6. The number of non-ortho nitro benzene ring substituents is 1. The summed E-state index contributed by atoms with van der Waals surface area (Å²) in [5.74, 6) is -1.14. The van der Waals surface area contributed by atoms with Crippen molar-refractivity contribution in [3.8, 4) is 11.5 Å². The fourth-order valence-electron chi connectivity index (χ4n) is 3.10. The molecule has 10 nitrogen and oxygen atoms in total. The van der Waals surface area contributed by atoms with Crippen molar-refractivity contribution >= 4 is 23.3 Å². The summed E-state index contributed by atoms with van der Waals surface area (Å²) in [7, 11) is 0. The van der Waals surface area contributed by atoms with Gasteiger partial charge >= 0.3 is 5.97 Å². The third kappa shape index (κ3) is 5.04. The molecule has 2 N–H and O–H groups in total. The zero-order chi connectivity index (χ0) is 22.7. The highest BCUT2D eigenvalue weighted by Crippen LogP contribution is 2.31. The van der Waals surface area contributed by atoms with Crippen LogP contribution in [0.3, 0.4) is 0 Å². The fourth-order valence-corrected chi connectivity index (χ4v) is 3.10. The maximum atomic E-state index is 12.7. The van der Waals surface area contributed by atoms with Gasteiger partial charge in [0.2, 0.25) is 5.91 Å². The van der Waals surface area contributed by atoms with E-state index in [4.69, 9.17) is 4.74 Å². The third-order valence-corrected chi connectivity index (χ3v) is 4.44. The second-order valence-electron chi connectivity index (χ2n) is 7.03. The number of hydrogen-bond donors (Lipinski definition) is 2. The highest BCUT2D eigenvalue weighted by atomic mass is 16.6.